The van der Waals surface area contributed by atoms with E-state index in [1.54, 1.807) is 0 Å². The lowest BCUT2D eigenvalue weighted by Gasteiger charge is -2.42. The molecule has 0 aromatic rings. The number of likely N-dealkylation sites (tertiary alicyclic amines) is 1. The van der Waals surface area contributed by atoms with Gasteiger partial charge in [-0.25, -0.2) is 0 Å². The molecular formula is C21H37N3O. The highest BCUT2D eigenvalue weighted by molar-refractivity contribution is 5.42. The van der Waals surface area contributed by atoms with Gasteiger partial charge in [-0.2, -0.15) is 0 Å². The van der Waals surface area contributed by atoms with Crippen molar-refractivity contribution in [1.82, 2.24) is 14.7 Å². The van der Waals surface area contributed by atoms with Crippen molar-refractivity contribution in [2.24, 2.45) is 5.92 Å². The van der Waals surface area contributed by atoms with E-state index < -0.39 is 0 Å². The average Bonchev–Trinajstić information content (AvgIpc) is 2.60. The first kappa shape index (κ1) is 20.1. The molecule has 0 spiro atoms. The number of likely N-dealkylation sites (N-methyl/N-ethyl adjacent to an activating group) is 1. The summed E-state index contributed by atoms with van der Waals surface area (Å²) in [5, 5.41) is 0. The molecule has 0 aliphatic carbocycles. The first-order valence-corrected chi connectivity index (χ1v) is 9.64. The van der Waals surface area contributed by atoms with E-state index >= 15 is 0 Å². The molecule has 2 heterocycles. The smallest absolute Gasteiger partial charge is 0.103 e. The normalized spacial score (nSPS) is 22.9. The van der Waals surface area contributed by atoms with Crippen molar-refractivity contribution in [1.29, 1.82) is 0 Å². The Morgan fingerprint density at radius 3 is 2.36 bits per heavy atom. The SMILES string of the molecule is C=C(C1=C(C)C(OC)C(C(C)C)=CN1CC)N1CCC(N(C)C)CC1. The molecule has 2 rings (SSSR count). The van der Waals surface area contributed by atoms with Gasteiger partial charge in [0.2, 0.25) is 0 Å². The number of nitrogens with zero attached hydrogens (tertiary/aromatic N) is 3. The summed E-state index contributed by atoms with van der Waals surface area (Å²) in [5.41, 5.74) is 5.04. The Bertz CT molecular complexity index is 539. The van der Waals surface area contributed by atoms with E-state index in [2.05, 4.69) is 69.3 Å². The monoisotopic (exact) mass is 347 g/mol. The highest BCUT2D eigenvalue weighted by Crippen LogP contribution is 2.35. The standard InChI is InChI=1S/C21H37N3O/c1-9-23-14-19(15(2)3)21(25-8)16(4)20(23)17(5)24-12-10-18(11-13-24)22(6)7/h14-15,18,21H,5,9-13H2,1-4,6-8H3. The van der Waals surface area contributed by atoms with Crippen molar-refractivity contribution in [3.63, 3.8) is 0 Å². The Morgan fingerprint density at radius 2 is 1.92 bits per heavy atom. The van der Waals surface area contributed by atoms with E-state index in [9.17, 15) is 0 Å². The van der Waals surface area contributed by atoms with Crippen LogP contribution < -0.4 is 0 Å². The van der Waals surface area contributed by atoms with E-state index in [4.69, 9.17) is 4.74 Å². The summed E-state index contributed by atoms with van der Waals surface area (Å²) in [6, 6.07) is 0.687. The second-order valence-electron chi connectivity index (χ2n) is 7.85. The number of hydrogen-bond acceptors (Lipinski definition) is 4. The first-order chi connectivity index (χ1) is 11.8. The Kier molecular flexibility index (Phi) is 6.75. The van der Waals surface area contributed by atoms with Gasteiger partial charge in [0.15, 0.2) is 0 Å². The molecule has 142 valence electrons. The van der Waals surface area contributed by atoms with Gasteiger partial charge in [0.1, 0.15) is 6.10 Å². The van der Waals surface area contributed by atoms with Gasteiger partial charge in [-0.05, 0) is 57.8 Å². The van der Waals surface area contributed by atoms with Crippen LogP contribution in [0.2, 0.25) is 0 Å². The predicted octanol–water partition coefficient (Wildman–Crippen LogP) is 3.69. The van der Waals surface area contributed by atoms with Crippen LogP contribution in [0.1, 0.15) is 40.5 Å². The van der Waals surface area contributed by atoms with E-state index in [-0.39, 0.29) is 6.10 Å². The van der Waals surface area contributed by atoms with Crippen LogP contribution in [0, 0.1) is 5.92 Å². The molecule has 0 bridgehead atoms. The molecular weight excluding hydrogens is 310 g/mol. The third-order valence-electron chi connectivity index (χ3n) is 5.75. The van der Waals surface area contributed by atoms with Crippen LogP contribution in [0.3, 0.4) is 0 Å². The lowest BCUT2D eigenvalue weighted by molar-refractivity contribution is 0.139. The van der Waals surface area contributed by atoms with Gasteiger partial charge in [0.25, 0.3) is 0 Å². The third-order valence-corrected chi connectivity index (χ3v) is 5.75. The first-order valence-electron chi connectivity index (χ1n) is 9.64. The van der Waals surface area contributed by atoms with Crippen LogP contribution in [-0.4, -0.2) is 67.7 Å². The predicted molar refractivity (Wildman–Crippen MR) is 106 cm³/mol. The largest absolute Gasteiger partial charge is 0.373 e. The number of piperidine rings is 1. The number of ether oxygens (including phenoxy) is 1. The molecule has 0 aromatic heterocycles. The summed E-state index contributed by atoms with van der Waals surface area (Å²) in [7, 11) is 6.18. The molecule has 0 N–H and O–H groups in total. The van der Waals surface area contributed by atoms with E-state index in [0.717, 1.165) is 25.3 Å². The number of rotatable bonds is 6. The number of methoxy groups -OCH3 is 1. The number of hydrogen-bond donors (Lipinski definition) is 0. The summed E-state index contributed by atoms with van der Waals surface area (Å²) < 4.78 is 5.87. The second kappa shape index (κ2) is 8.41. The van der Waals surface area contributed by atoms with Crippen LogP contribution in [0.5, 0.6) is 0 Å². The maximum absolute atomic E-state index is 5.87. The van der Waals surface area contributed by atoms with Crippen LogP contribution in [0.4, 0.5) is 0 Å². The van der Waals surface area contributed by atoms with Gasteiger partial charge in [0.05, 0.1) is 11.4 Å². The van der Waals surface area contributed by atoms with Gasteiger partial charge in [-0.3, -0.25) is 0 Å². The quantitative estimate of drug-likeness (QED) is 0.729. The molecule has 25 heavy (non-hydrogen) atoms. The summed E-state index contributed by atoms with van der Waals surface area (Å²) in [4.78, 5) is 7.17. The minimum Gasteiger partial charge on any atom is -0.373 e. The molecule has 2 aliphatic heterocycles. The summed E-state index contributed by atoms with van der Waals surface area (Å²) >= 11 is 0. The Balaban J connectivity index is 2.24. The molecule has 0 amide bonds. The molecule has 0 saturated carbocycles. The van der Waals surface area contributed by atoms with Crippen LogP contribution in [-0.2, 0) is 4.74 Å². The lowest BCUT2D eigenvalue weighted by Crippen LogP contribution is -2.43. The second-order valence-corrected chi connectivity index (χ2v) is 7.85. The zero-order chi connectivity index (χ0) is 18.7. The highest BCUT2D eigenvalue weighted by Gasteiger charge is 2.32. The van der Waals surface area contributed by atoms with Crippen molar-refractivity contribution in [2.75, 3.05) is 40.8 Å². The molecule has 0 radical (unpaired) electrons. The van der Waals surface area contributed by atoms with Gasteiger partial charge >= 0.3 is 0 Å². The average molecular weight is 348 g/mol. The third kappa shape index (κ3) is 4.12. The zero-order valence-electron chi connectivity index (χ0n) is 17.3. The van der Waals surface area contributed by atoms with Gasteiger partial charge < -0.3 is 19.4 Å². The van der Waals surface area contributed by atoms with Gasteiger partial charge in [-0.15, -0.1) is 0 Å². The van der Waals surface area contributed by atoms with Crippen LogP contribution in [0.25, 0.3) is 0 Å². The van der Waals surface area contributed by atoms with E-state index in [1.165, 1.54) is 29.7 Å². The fraction of sp³-hybridized carbons (Fsp3) is 0.714. The van der Waals surface area contributed by atoms with Crippen molar-refractivity contribution in [3.8, 4) is 0 Å². The minimum atomic E-state index is 0.0638. The molecule has 4 heteroatoms. The molecule has 0 aromatic carbocycles. The van der Waals surface area contributed by atoms with Crippen molar-refractivity contribution in [3.05, 3.63) is 35.3 Å². The van der Waals surface area contributed by atoms with Crippen molar-refractivity contribution < 1.29 is 4.74 Å². The summed E-state index contributed by atoms with van der Waals surface area (Å²) in [5.74, 6) is 0.472. The van der Waals surface area contributed by atoms with Crippen molar-refractivity contribution in [2.45, 2.75) is 52.7 Å². The molecule has 1 saturated heterocycles. The molecule has 1 unspecified atom stereocenters. The summed E-state index contributed by atoms with van der Waals surface area (Å²) in [6.07, 6.45) is 4.75. The fourth-order valence-corrected chi connectivity index (χ4v) is 4.12. The van der Waals surface area contributed by atoms with Crippen LogP contribution >= 0.6 is 0 Å². The van der Waals surface area contributed by atoms with E-state index in [0.29, 0.717) is 12.0 Å². The fourth-order valence-electron chi connectivity index (χ4n) is 4.12. The van der Waals surface area contributed by atoms with Gasteiger partial charge in [0, 0.05) is 39.0 Å². The lowest BCUT2D eigenvalue weighted by atomic mass is 9.89. The Labute approximate surface area is 154 Å². The molecule has 1 fully saturated rings. The minimum absolute atomic E-state index is 0.0638. The summed E-state index contributed by atoms with van der Waals surface area (Å²) in [6.45, 7) is 16.5. The topological polar surface area (TPSA) is 19.0 Å². The maximum Gasteiger partial charge on any atom is 0.103 e. The molecule has 2 aliphatic rings. The highest BCUT2D eigenvalue weighted by atomic mass is 16.5. The molecule has 4 nitrogen and oxygen atoms in total. The van der Waals surface area contributed by atoms with Gasteiger partial charge in [-0.1, -0.05) is 20.4 Å². The van der Waals surface area contributed by atoms with Crippen LogP contribution in [0.15, 0.2) is 35.3 Å². The van der Waals surface area contributed by atoms with Crippen molar-refractivity contribution >= 4 is 0 Å². The Morgan fingerprint density at radius 1 is 1.32 bits per heavy atom. The zero-order valence-corrected chi connectivity index (χ0v) is 17.3. The maximum atomic E-state index is 5.87. The van der Waals surface area contributed by atoms with E-state index in [1.807, 2.05) is 7.11 Å². The Hall–Kier alpha value is -1.26. The molecule has 1 atom stereocenters.